The Kier molecular flexibility index (Phi) is 5.76. The molecule has 0 saturated carbocycles. The van der Waals surface area contributed by atoms with Gasteiger partial charge in [-0.3, -0.25) is 24.1 Å². The zero-order valence-electron chi connectivity index (χ0n) is 15.8. The van der Waals surface area contributed by atoms with Gasteiger partial charge in [0.1, 0.15) is 6.04 Å². The average Bonchev–Trinajstić information content (AvgIpc) is 2.96. The van der Waals surface area contributed by atoms with E-state index < -0.39 is 42.3 Å². The second-order valence-electron chi connectivity index (χ2n) is 6.98. The van der Waals surface area contributed by atoms with E-state index in [-0.39, 0.29) is 11.8 Å². The minimum atomic E-state index is -1.11. The van der Waals surface area contributed by atoms with Crippen LogP contribution < -0.4 is 11.1 Å². The third-order valence-corrected chi connectivity index (χ3v) is 5.07. The quantitative estimate of drug-likeness (QED) is 0.409. The van der Waals surface area contributed by atoms with Crippen LogP contribution in [0, 0.1) is 11.8 Å². The number of imide groups is 1. The van der Waals surface area contributed by atoms with Crippen LogP contribution in [0.4, 0.5) is 5.69 Å². The number of primary amides is 1. The van der Waals surface area contributed by atoms with Crippen molar-refractivity contribution in [3.63, 3.8) is 0 Å². The second kappa shape index (κ2) is 8.26. The van der Waals surface area contributed by atoms with Gasteiger partial charge in [0, 0.05) is 11.3 Å². The van der Waals surface area contributed by atoms with Crippen molar-refractivity contribution >= 4 is 35.3 Å². The number of anilines is 1. The summed E-state index contributed by atoms with van der Waals surface area (Å²) in [6.07, 6.45) is 4.67. The molecule has 1 aromatic rings. The van der Waals surface area contributed by atoms with Crippen molar-refractivity contribution in [2.75, 3.05) is 11.9 Å². The largest absolute Gasteiger partial charge is 0.454 e. The van der Waals surface area contributed by atoms with Gasteiger partial charge in [-0.1, -0.05) is 12.2 Å². The number of ether oxygens (including phenoxy) is 1. The van der Waals surface area contributed by atoms with Crippen LogP contribution in [0.5, 0.6) is 0 Å². The predicted molar refractivity (Wildman–Crippen MR) is 101 cm³/mol. The van der Waals surface area contributed by atoms with Crippen molar-refractivity contribution in [1.82, 2.24) is 4.90 Å². The van der Waals surface area contributed by atoms with Gasteiger partial charge in [-0.05, 0) is 44.0 Å². The summed E-state index contributed by atoms with van der Waals surface area (Å²) in [4.78, 5) is 61.3. The van der Waals surface area contributed by atoms with E-state index in [2.05, 4.69) is 5.32 Å². The standard InChI is InChI=1S/C20H21N3O6/c1-11(23-18(26)14-4-2-3-5-15(14)19(23)27)20(28)29-10-16(24)22-13-8-6-12(7-9-13)17(21)25/h2-3,6-9,11,14-15H,4-5,10H2,1H3,(H2,21,25)(H,22,24)/t11-,14+,15+/m0/s1. The molecule has 1 aliphatic heterocycles. The average molecular weight is 399 g/mol. The first-order chi connectivity index (χ1) is 13.8. The molecule has 1 aromatic carbocycles. The summed E-state index contributed by atoms with van der Waals surface area (Å²) in [7, 11) is 0. The molecule has 0 spiro atoms. The fraction of sp³-hybridized carbons (Fsp3) is 0.350. The van der Waals surface area contributed by atoms with Crippen LogP contribution in [0.2, 0.25) is 0 Å². The number of amides is 4. The molecule has 0 radical (unpaired) electrons. The molecule has 9 heteroatoms. The molecule has 9 nitrogen and oxygen atoms in total. The number of nitrogens with zero attached hydrogens (tertiary/aromatic N) is 1. The molecule has 4 amide bonds. The molecule has 1 aliphatic carbocycles. The smallest absolute Gasteiger partial charge is 0.329 e. The molecule has 3 atom stereocenters. The number of rotatable bonds is 6. The lowest BCUT2D eigenvalue weighted by atomic mass is 9.85. The summed E-state index contributed by atoms with van der Waals surface area (Å²) in [6, 6.07) is 4.76. The summed E-state index contributed by atoms with van der Waals surface area (Å²) >= 11 is 0. The van der Waals surface area contributed by atoms with Crippen LogP contribution >= 0.6 is 0 Å². The minimum absolute atomic E-state index is 0.291. The van der Waals surface area contributed by atoms with Crippen molar-refractivity contribution in [3.05, 3.63) is 42.0 Å². The maximum Gasteiger partial charge on any atom is 0.329 e. The van der Waals surface area contributed by atoms with Crippen LogP contribution in [-0.2, 0) is 23.9 Å². The third kappa shape index (κ3) is 4.18. The number of esters is 1. The Hall–Kier alpha value is -3.49. The lowest BCUT2D eigenvalue weighted by Crippen LogP contribution is -2.45. The topological polar surface area (TPSA) is 136 Å². The van der Waals surface area contributed by atoms with E-state index in [1.54, 1.807) is 0 Å². The van der Waals surface area contributed by atoms with Gasteiger partial charge < -0.3 is 15.8 Å². The lowest BCUT2D eigenvalue weighted by molar-refractivity contribution is -0.159. The van der Waals surface area contributed by atoms with Gasteiger partial charge in [-0.25, -0.2) is 4.79 Å². The Bertz CT molecular complexity index is 866. The first-order valence-corrected chi connectivity index (χ1v) is 9.18. The highest BCUT2D eigenvalue weighted by molar-refractivity contribution is 6.08. The molecular formula is C20H21N3O6. The monoisotopic (exact) mass is 399 g/mol. The van der Waals surface area contributed by atoms with E-state index in [0.717, 1.165) is 4.90 Å². The van der Waals surface area contributed by atoms with E-state index in [1.165, 1.54) is 31.2 Å². The molecule has 3 N–H and O–H groups in total. The number of benzene rings is 1. The minimum Gasteiger partial charge on any atom is -0.454 e. The molecular weight excluding hydrogens is 378 g/mol. The highest BCUT2D eigenvalue weighted by atomic mass is 16.5. The van der Waals surface area contributed by atoms with Crippen LogP contribution in [0.3, 0.4) is 0 Å². The first kappa shape index (κ1) is 20.2. The Labute approximate surface area is 166 Å². The molecule has 0 aromatic heterocycles. The normalized spacial score (nSPS) is 21.5. The summed E-state index contributed by atoms with van der Waals surface area (Å²) in [5, 5.41) is 2.51. The maximum atomic E-state index is 12.5. The van der Waals surface area contributed by atoms with E-state index in [1.807, 2.05) is 12.2 Å². The van der Waals surface area contributed by atoms with Gasteiger partial charge >= 0.3 is 5.97 Å². The summed E-state index contributed by atoms with van der Waals surface area (Å²) in [5.74, 6) is -3.66. The third-order valence-electron chi connectivity index (χ3n) is 5.07. The predicted octanol–water partition coefficient (Wildman–Crippen LogP) is 0.607. The zero-order chi connectivity index (χ0) is 21.1. The Balaban J connectivity index is 1.53. The van der Waals surface area contributed by atoms with Gasteiger partial charge in [-0.2, -0.15) is 0 Å². The maximum absolute atomic E-state index is 12.5. The number of hydrogen-bond donors (Lipinski definition) is 2. The molecule has 29 heavy (non-hydrogen) atoms. The molecule has 1 saturated heterocycles. The number of carbonyl (C=O) groups excluding carboxylic acids is 5. The van der Waals surface area contributed by atoms with Gasteiger partial charge in [0.15, 0.2) is 6.61 Å². The van der Waals surface area contributed by atoms with Gasteiger partial charge in [0.25, 0.3) is 5.91 Å². The number of allylic oxidation sites excluding steroid dienone is 2. The second-order valence-corrected chi connectivity index (χ2v) is 6.98. The Morgan fingerprint density at radius 1 is 1.10 bits per heavy atom. The van der Waals surface area contributed by atoms with Gasteiger partial charge in [-0.15, -0.1) is 0 Å². The molecule has 1 fully saturated rings. The molecule has 1 heterocycles. The molecule has 0 unspecified atom stereocenters. The fourth-order valence-electron chi connectivity index (χ4n) is 3.49. The molecule has 152 valence electrons. The first-order valence-electron chi connectivity index (χ1n) is 9.18. The van der Waals surface area contributed by atoms with Crippen molar-refractivity contribution in [2.24, 2.45) is 17.6 Å². The molecule has 0 bridgehead atoms. The molecule has 3 rings (SSSR count). The number of nitrogens with one attached hydrogen (secondary N) is 1. The highest BCUT2D eigenvalue weighted by Crippen LogP contribution is 2.36. The highest BCUT2D eigenvalue weighted by Gasteiger charge is 2.50. The fourth-order valence-corrected chi connectivity index (χ4v) is 3.49. The van der Waals surface area contributed by atoms with Crippen molar-refractivity contribution < 1.29 is 28.7 Å². The van der Waals surface area contributed by atoms with E-state index >= 15 is 0 Å². The van der Waals surface area contributed by atoms with Crippen LogP contribution in [0.15, 0.2) is 36.4 Å². The number of hydrogen-bond acceptors (Lipinski definition) is 6. The lowest BCUT2D eigenvalue weighted by Gasteiger charge is -2.21. The van der Waals surface area contributed by atoms with Crippen LogP contribution in [0.25, 0.3) is 0 Å². The summed E-state index contributed by atoms with van der Waals surface area (Å²) in [5.41, 5.74) is 5.83. The number of fused-ring (bicyclic) bond motifs is 1. The summed E-state index contributed by atoms with van der Waals surface area (Å²) < 4.78 is 4.98. The van der Waals surface area contributed by atoms with Crippen molar-refractivity contribution in [3.8, 4) is 0 Å². The number of carbonyl (C=O) groups is 5. The number of likely N-dealkylation sites (tertiary alicyclic amines) is 1. The van der Waals surface area contributed by atoms with E-state index in [9.17, 15) is 24.0 Å². The van der Waals surface area contributed by atoms with E-state index in [4.69, 9.17) is 10.5 Å². The van der Waals surface area contributed by atoms with Crippen LogP contribution in [-0.4, -0.2) is 47.1 Å². The van der Waals surface area contributed by atoms with E-state index in [0.29, 0.717) is 24.1 Å². The van der Waals surface area contributed by atoms with Crippen molar-refractivity contribution in [2.45, 2.75) is 25.8 Å². The Morgan fingerprint density at radius 2 is 1.66 bits per heavy atom. The van der Waals surface area contributed by atoms with Crippen LogP contribution in [0.1, 0.15) is 30.1 Å². The summed E-state index contributed by atoms with van der Waals surface area (Å²) in [6.45, 7) is 0.828. The van der Waals surface area contributed by atoms with Gasteiger partial charge in [0.05, 0.1) is 11.8 Å². The SMILES string of the molecule is C[C@@H](C(=O)OCC(=O)Nc1ccc(C(N)=O)cc1)N1C(=O)[C@@H]2CC=CC[C@H]2C1=O. The number of nitrogens with two attached hydrogens (primary N) is 1. The zero-order valence-corrected chi connectivity index (χ0v) is 15.8. The Morgan fingerprint density at radius 3 is 2.17 bits per heavy atom. The van der Waals surface area contributed by atoms with Gasteiger partial charge in [0.2, 0.25) is 17.7 Å². The molecule has 2 aliphatic rings. The van der Waals surface area contributed by atoms with Crippen molar-refractivity contribution in [1.29, 1.82) is 0 Å².